The lowest BCUT2D eigenvalue weighted by molar-refractivity contribution is 0.554. The van der Waals surface area contributed by atoms with Gasteiger partial charge in [-0.05, 0) is 42.3 Å². The molecule has 0 spiro atoms. The predicted octanol–water partition coefficient (Wildman–Crippen LogP) is 3.21. The monoisotopic (exact) mass is 248 g/mol. The topological polar surface area (TPSA) is 24.9 Å². The second kappa shape index (κ2) is 5.69. The van der Waals surface area contributed by atoms with Crippen LogP contribution in [0.1, 0.15) is 24.1 Å². The van der Waals surface area contributed by atoms with Crippen molar-refractivity contribution >= 4 is 0 Å². The van der Waals surface area contributed by atoms with Crippen molar-refractivity contribution in [2.75, 3.05) is 0 Å². The van der Waals surface area contributed by atoms with Crippen LogP contribution in [-0.2, 0) is 6.54 Å². The Morgan fingerprint density at radius 1 is 1.11 bits per heavy atom. The van der Waals surface area contributed by atoms with Gasteiger partial charge in [-0.25, -0.2) is 8.78 Å². The van der Waals surface area contributed by atoms with Crippen LogP contribution >= 0.6 is 0 Å². The van der Waals surface area contributed by atoms with Crippen molar-refractivity contribution in [3.8, 4) is 0 Å². The van der Waals surface area contributed by atoms with Crippen LogP contribution in [0.2, 0.25) is 0 Å². The maximum Gasteiger partial charge on any atom is 0.126 e. The van der Waals surface area contributed by atoms with Crippen molar-refractivity contribution in [1.82, 2.24) is 10.3 Å². The molecule has 1 unspecified atom stereocenters. The molecule has 94 valence electrons. The van der Waals surface area contributed by atoms with Gasteiger partial charge in [-0.3, -0.25) is 4.98 Å². The Morgan fingerprint density at radius 3 is 2.33 bits per heavy atom. The molecule has 18 heavy (non-hydrogen) atoms. The van der Waals surface area contributed by atoms with Crippen LogP contribution in [0.15, 0.2) is 42.7 Å². The third-order valence-electron chi connectivity index (χ3n) is 2.74. The number of nitrogens with zero attached hydrogens (tertiary/aromatic N) is 1. The van der Waals surface area contributed by atoms with Gasteiger partial charge in [0.05, 0.1) is 0 Å². The molecule has 0 aliphatic rings. The lowest BCUT2D eigenvalue weighted by Gasteiger charge is -2.14. The quantitative estimate of drug-likeness (QED) is 0.898. The fourth-order valence-corrected chi connectivity index (χ4v) is 1.75. The second-order valence-electron chi connectivity index (χ2n) is 4.16. The summed E-state index contributed by atoms with van der Waals surface area (Å²) in [6.45, 7) is 2.41. The SMILES string of the molecule is CC(NCc1cc(F)cc(F)c1)c1ccncc1. The number of nitrogens with one attached hydrogen (secondary N) is 1. The molecule has 0 fully saturated rings. The Bertz CT molecular complexity index is 494. The van der Waals surface area contributed by atoms with Crippen LogP contribution in [0.4, 0.5) is 8.78 Å². The van der Waals surface area contributed by atoms with E-state index in [1.54, 1.807) is 12.4 Å². The van der Waals surface area contributed by atoms with Gasteiger partial charge in [0.2, 0.25) is 0 Å². The minimum absolute atomic E-state index is 0.0966. The van der Waals surface area contributed by atoms with Gasteiger partial charge in [0.15, 0.2) is 0 Å². The first-order chi connectivity index (χ1) is 8.65. The molecule has 0 radical (unpaired) electrons. The van der Waals surface area contributed by atoms with E-state index in [0.717, 1.165) is 11.6 Å². The number of aromatic nitrogens is 1. The van der Waals surface area contributed by atoms with Crippen molar-refractivity contribution in [2.24, 2.45) is 0 Å². The summed E-state index contributed by atoms with van der Waals surface area (Å²) in [6.07, 6.45) is 3.44. The largest absolute Gasteiger partial charge is 0.306 e. The Kier molecular flexibility index (Phi) is 3.99. The fraction of sp³-hybridized carbons (Fsp3) is 0.214. The van der Waals surface area contributed by atoms with Crippen molar-refractivity contribution in [1.29, 1.82) is 0 Å². The predicted molar refractivity (Wildman–Crippen MR) is 65.8 cm³/mol. The Labute approximate surface area is 105 Å². The van der Waals surface area contributed by atoms with Crippen LogP contribution in [0, 0.1) is 11.6 Å². The fourth-order valence-electron chi connectivity index (χ4n) is 1.75. The molecule has 0 bridgehead atoms. The number of benzene rings is 1. The molecule has 4 heteroatoms. The van der Waals surface area contributed by atoms with Gasteiger partial charge in [0.1, 0.15) is 11.6 Å². The smallest absolute Gasteiger partial charge is 0.126 e. The summed E-state index contributed by atoms with van der Waals surface area (Å²) in [5, 5.41) is 3.21. The molecule has 0 amide bonds. The third-order valence-corrected chi connectivity index (χ3v) is 2.74. The van der Waals surface area contributed by atoms with E-state index in [1.807, 2.05) is 19.1 Å². The Hall–Kier alpha value is -1.81. The molecule has 2 nitrogen and oxygen atoms in total. The summed E-state index contributed by atoms with van der Waals surface area (Å²) in [4.78, 5) is 3.94. The molecule has 2 rings (SSSR count). The molecule has 1 N–H and O–H groups in total. The van der Waals surface area contributed by atoms with E-state index < -0.39 is 11.6 Å². The molecule has 1 aromatic heterocycles. The van der Waals surface area contributed by atoms with E-state index in [2.05, 4.69) is 10.3 Å². The maximum absolute atomic E-state index is 13.0. The summed E-state index contributed by atoms with van der Waals surface area (Å²) < 4.78 is 26.0. The highest BCUT2D eigenvalue weighted by Crippen LogP contribution is 2.13. The van der Waals surface area contributed by atoms with E-state index in [4.69, 9.17) is 0 Å². The van der Waals surface area contributed by atoms with Gasteiger partial charge in [0.25, 0.3) is 0 Å². The highest BCUT2D eigenvalue weighted by Gasteiger charge is 2.05. The molecular formula is C14H14F2N2. The second-order valence-corrected chi connectivity index (χ2v) is 4.16. The molecule has 0 aliphatic carbocycles. The van der Waals surface area contributed by atoms with E-state index in [0.29, 0.717) is 12.1 Å². The van der Waals surface area contributed by atoms with E-state index in [-0.39, 0.29) is 6.04 Å². The van der Waals surface area contributed by atoms with Crippen LogP contribution in [0.5, 0.6) is 0 Å². The number of hydrogen-bond acceptors (Lipinski definition) is 2. The Balaban J connectivity index is 1.99. The minimum atomic E-state index is -0.552. The zero-order valence-corrected chi connectivity index (χ0v) is 10.0. The van der Waals surface area contributed by atoms with Gasteiger partial charge in [-0.15, -0.1) is 0 Å². The molecule has 1 heterocycles. The van der Waals surface area contributed by atoms with E-state index in [1.165, 1.54) is 12.1 Å². The van der Waals surface area contributed by atoms with Crippen LogP contribution < -0.4 is 5.32 Å². The summed E-state index contributed by atoms with van der Waals surface area (Å²) in [5.74, 6) is -1.10. The van der Waals surface area contributed by atoms with Crippen molar-refractivity contribution in [3.63, 3.8) is 0 Å². The van der Waals surface area contributed by atoms with Crippen LogP contribution in [-0.4, -0.2) is 4.98 Å². The molecule has 0 saturated heterocycles. The first-order valence-electron chi connectivity index (χ1n) is 5.73. The number of hydrogen-bond donors (Lipinski definition) is 1. The summed E-state index contributed by atoms with van der Waals surface area (Å²) >= 11 is 0. The number of halogens is 2. The van der Waals surface area contributed by atoms with E-state index in [9.17, 15) is 8.78 Å². The minimum Gasteiger partial charge on any atom is -0.306 e. The Morgan fingerprint density at radius 2 is 1.72 bits per heavy atom. The van der Waals surface area contributed by atoms with Crippen molar-refractivity contribution in [3.05, 3.63) is 65.5 Å². The highest BCUT2D eigenvalue weighted by molar-refractivity contribution is 5.19. The average Bonchev–Trinajstić information content (AvgIpc) is 2.36. The number of pyridine rings is 1. The zero-order valence-electron chi connectivity index (χ0n) is 10.0. The highest BCUT2D eigenvalue weighted by atomic mass is 19.1. The van der Waals surface area contributed by atoms with Crippen molar-refractivity contribution < 1.29 is 8.78 Å². The van der Waals surface area contributed by atoms with Crippen molar-refractivity contribution in [2.45, 2.75) is 19.5 Å². The van der Waals surface area contributed by atoms with Gasteiger partial charge in [-0.2, -0.15) is 0 Å². The maximum atomic E-state index is 13.0. The van der Waals surface area contributed by atoms with Crippen LogP contribution in [0.25, 0.3) is 0 Å². The molecule has 0 aliphatic heterocycles. The molecular weight excluding hydrogens is 234 g/mol. The summed E-state index contributed by atoms with van der Waals surface area (Å²) in [5.41, 5.74) is 1.68. The summed E-state index contributed by atoms with van der Waals surface area (Å²) in [7, 11) is 0. The molecule has 1 atom stereocenters. The third kappa shape index (κ3) is 3.34. The van der Waals surface area contributed by atoms with Gasteiger partial charge in [0, 0.05) is 31.0 Å². The normalized spacial score (nSPS) is 12.4. The lowest BCUT2D eigenvalue weighted by atomic mass is 10.1. The zero-order chi connectivity index (χ0) is 13.0. The molecule has 2 aromatic rings. The first-order valence-corrected chi connectivity index (χ1v) is 5.73. The standard InChI is InChI=1S/C14H14F2N2/c1-10(12-2-4-17-5-3-12)18-9-11-6-13(15)8-14(16)7-11/h2-8,10,18H,9H2,1H3. The first kappa shape index (κ1) is 12.6. The van der Waals surface area contributed by atoms with Gasteiger partial charge >= 0.3 is 0 Å². The van der Waals surface area contributed by atoms with E-state index >= 15 is 0 Å². The van der Waals surface area contributed by atoms with Gasteiger partial charge < -0.3 is 5.32 Å². The average molecular weight is 248 g/mol. The van der Waals surface area contributed by atoms with Crippen LogP contribution in [0.3, 0.4) is 0 Å². The summed E-state index contributed by atoms with van der Waals surface area (Å²) in [6, 6.07) is 7.44. The molecule has 1 aromatic carbocycles. The number of rotatable bonds is 4. The van der Waals surface area contributed by atoms with Gasteiger partial charge in [-0.1, -0.05) is 0 Å². The lowest BCUT2D eigenvalue weighted by Crippen LogP contribution is -2.18. The molecule has 0 saturated carbocycles.